The van der Waals surface area contributed by atoms with Crippen LogP contribution in [-0.4, -0.2) is 12.4 Å². The molecule has 0 heterocycles. The number of hydrogen-bond acceptors (Lipinski definition) is 2. The van der Waals surface area contributed by atoms with Crippen molar-refractivity contribution >= 4 is 17.4 Å². The number of rotatable bonds is 6. The largest absolute Gasteiger partial charge is 0.494 e. The van der Waals surface area contributed by atoms with E-state index in [1.54, 1.807) is 0 Å². The van der Waals surface area contributed by atoms with Crippen LogP contribution in [0.2, 0.25) is 0 Å². The second-order valence-corrected chi connectivity index (χ2v) is 4.18. The third-order valence-electron chi connectivity index (χ3n) is 2.27. The maximum atomic E-state index is 11.1. The van der Waals surface area contributed by atoms with Gasteiger partial charge in [-0.2, -0.15) is 0 Å². The molecule has 0 saturated carbocycles. The first-order valence-corrected chi connectivity index (χ1v) is 5.96. The number of unbranched alkanes of at least 4 members (excludes halogenated alkanes) is 1. The molecule has 0 N–H and O–H groups in total. The zero-order chi connectivity index (χ0) is 12.0. The molecule has 1 unspecified atom stereocenters. The fourth-order valence-corrected chi connectivity index (χ4v) is 1.47. The van der Waals surface area contributed by atoms with Gasteiger partial charge in [0.2, 0.25) is 0 Å². The number of Topliss-reactive ketones (excluding diaryl/α,β-unsaturated/α-hetero) is 1. The fourth-order valence-electron chi connectivity index (χ4n) is 1.33. The van der Waals surface area contributed by atoms with E-state index in [1.807, 2.05) is 24.3 Å². The van der Waals surface area contributed by atoms with E-state index in [4.69, 9.17) is 16.3 Å². The Hall–Kier alpha value is -1.02. The smallest absolute Gasteiger partial charge is 0.152 e. The van der Waals surface area contributed by atoms with Gasteiger partial charge < -0.3 is 4.74 Å². The van der Waals surface area contributed by atoms with E-state index in [0.717, 1.165) is 24.2 Å². The summed E-state index contributed by atoms with van der Waals surface area (Å²) in [5, 5.41) is -0.574. The molecule has 0 aliphatic carbocycles. The lowest BCUT2D eigenvalue weighted by Gasteiger charge is -2.09. The summed E-state index contributed by atoms with van der Waals surface area (Å²) < 4.78 is 5.55. The van der Waals surface area contributed by atoms with Crippen molar-refractivity contribution < 1.29 is 9.53 Å². The predicted octanol–water partition coefficient (Wildman–Crippen LogP) is 3.73. The zero-order valence-electron chi connectivity index (χ0n) is 9.70. The Morgan fingerprint density at radius 1 is 1.50 bits per heavy atom. The molecular formula is C13H17ClO2. The molecule has 1 atom stereocenters. The molecule has 0 amide bonds. The number of carbonyl (C=O) groups excluding carboxylic acids is 1. The van der Waals surface area contributed by atoms with Crippen LogP contribution in [0.25, 0.3) is 0 Å². The van der Waals surface area contributed by atoms with Crippen LogP contribution in [0.5, 0.6) is 5.75 Å². The molecule has 0 aromatic heterocycles. The molecule has 1 rings (SSSR count). The molecule has 0 fully saturated rings. The Morgan fingerprint density at radius 3 is 2.88 bits per heavy atom. The van der Waals surface area contributed by atoms with Gasteiger partial charge >= 0.3 is 0 Å². The summed E-state index contributed by atoms with van der Waals surface area (Å²) in [5.41, 5.74) is 0.795. The second kappa shape index (κ2) is 6.54. The first-order chi connectivity index (χ1) is 7.65. The molecule has 0 saturated heterocycles. The highest BCUT2D eigenvalue weighted by Crippen LogP contribution is 2.25. The van der Waals surface area contributed by atoms with Gasteiger partial charge in [-0.05, 0) is 31.0 Å². The highest BCUT2D eigenvalue weighted by molar-refractivity contribution is 6.30. The van der Waals surface area contributed by atoms with Crippen molar-refractivity contribution in [3.63, 3.8) is 0 Å². The van der Waals surface area contributed by atoms with Gasteiger partial charge in [0.15, 0.2) is 5.78 Å². The molecule has 0 aliphatic rings. The molecule has 3 heteroatoms. The summed E-state index contributed by atoms with van der Waals surface area (Å²) in [6.07, 6.45) is 2.13. The van der Waals surface area contributed by atoms with Crippen molar-refractivity contribution in [1.82, 2.24) is 0 Å². The number of carbonyl (C=O) groups is 1. The number of benzene rings is 1. The lowest BCUT2D eigenvalue weighted by atomic mass is 10.1. The lowest BCUT2D eigenvalue weighted by molar-refractivity contribution is -0.116. The highest BCUT2D eigenvalue weighted by atomic mass is 35.5. The van der Waals surface area contributed by atoms with E-state index in [1.165, 1.54) is 6.92 Å². The zero-order valence-corrected chi connectivity index (χ0v) is 10.5. The van der Waals surface area contributed by atoms with Crippen molar-refractivity contribution in [2.24, 2.45) is 0 Å². The van der Waals surface area contributed by atoms with Crippen LogP contribution in [0.4, 0.5) is 0 Å². The number of hydrogen-bond donors (Lipinski definition) is 0. The van der Waals surface area contributed by atoms with Gasteiger partial charge in [0, 0.05) is 0 Å². The molecule has 2 nitrogen and oxygen atoms in total. The summed E-state index contributed by atoms with van der Waals surface area (Å²) >= 11 is 5.97. The summed E-state index contributed by atoms with van der Waals surface area (Å²) in [6.45, 7) is 4.31. The van der Waals surface area contributed by atoms with Gasteiger partial charge in [-0.1, -0.05) is 25.5 Å². The summed E-state index contributed by atoms with van der Waals surface area (Å²) in [6, 6.07) is 7.40. The normalized spacial score (nSPS) is 12.2. The van der Waals surface area contributed by atoms with Gasteiger partial charge in [0.05, 0.1) is 6.61 Å². The van der Waals surface area contributed by atoms with Crippen LogP contribution in [-0.2, 0) is 4.79 Å². The van der Waals surface area contributed by atoms with Gasteiger partial charge in [-0.3, -0.25) is 4.79 Å². The summed E-state index contributed by atoms with van der Waals surface area (Å²) in [4.78, 5) is 11.1. The summed E-state index contributed by atoms with van der Waals surface area (Å²) in [7, 11) is 0. The monoisotopic (exact) mass is 240 g/mol. The maximum absolute atomic E-state index is 11.1. The van der Waals surface area contributed by atoms with Crippen molar-refractivity contribution in [1.29, 1.82) is 0 Å². The first-order valence-electron chi connectivity index (χ1n) is 5.52. The third kappa shape index (κ3) is 3.86. The van der Waals surface area contributed by atoms with Crippen LogP contribution >= 0.6 is 11.6 Å². The van der Waals surface area contributed by atoms with E-state index < -0.39 is 5.38 Å². The molecule has 0 radical (unpaired) electrons. The molecule has 1 aromatic rings. The first kappa shape index (κ1) is 13.0. The fraction of sp³-hybridized carbons (Fsp3) is 0.462. The van der Waals surface area contributed by atoms with Gasteiger partial charge in [-0.15, -0.1) is 11.6 Å². The van der Waals surface area contributed by atoms with Gasteiger partial charge in [0.25, 0.3) is 0 Å². The van der Waals surface area contributed by atoms with Crippen LogP contribution in [0.1, 0.15) is 37.6 Å². The predicted molar refractivity (Wildman–Crippen MR) is 66.1 cm³/mol. The van der Waals surface area contributed by atoms with Crippen LogP contribution < -0.4 is 4.74 Å². The van der Waals surface area contributed by atoms with Gasteiger partial charge in [-0.25, -0.2) is 0 Å². The van der Waals surface area contributed by atoms with Crippen molar-refractivity contribution in [2.75, 3.05) is 6.61 Å². The van der Waals surface area contributed by atoms with Crippen LogP contribution in [0, 0.1) is 0 Å². The van der Waals surface area contributed by atoms with E-state index in [0.29, 0.717) is 6.61 Å². The Kier molecular flexibility index (Phi) is 5.33. The van der Waals surface area contributed by atoms with E-state index in [9.17, 15) is 4.79 Å². The average molecular weight is 241 g/mol. The minimum absolute atomic E-state index is 0.0487. The minimum atomic E-state index is -0.574. The molecule has 0 aliphatic heterocycles. The molecule has 16 heavy (non-hydrogen) atoms. The Morgan fingerprint density at radius 2 is 2.25 bits per heavy atom. The highest BCUT2D eigenvalue weighted by Gasteiger charge is 2.13. The van der Waals surface area contributed by atoms with Crippen molar-refractivity contribution in [2.45, 2.75) is 32.1 Å². The summed E-state index contributed by atoms with van der Waals surface area (Å²) in [5.74, 6) is 0.727. The number of ketones is 1. The minimum Gasteiger partial charge on any atom is -0.494 e. The third-order valence-corrected chi connectivity index (χ3v) is 2.83. The average Bonchev–Trinajstić information content (AvgIpc) is 2.29. The van der Waals surface area contributed by atoms with Crippen molar-refractivity contribution in [3.05, 3.63) is 29.8 Å². The molecule has 0 bridgehead atoms. The molecule has 0 spiro atoms. The maximum Gasteiger partial charge on any atom is 0.152 e. The molecular weight excluding hydrogens is 224 g/mol. The van der Waals surface area contributed by atoms with E-state index in [2.05, 4.69) is 6.92 Å². The van der Waals surface area contributed by atoms with Crippen LogP contribution in [0.15, 0.2) is 24.3 Å². The Balaban J connectivity index is 2.67. The van der Waals surface area contributed by atoms with E-state index in [-0.39, 0.29) is 5.78 Å². The molecule has 1 aromatic carbocycles. The number of ether oxygens (including phenoxy) is 1. The van der Waals surface area contributed by atoms with E-state index >= 15 is 0 Å². The standard InChI is InChI=1S/C13H17ClO2/c1-3-4-8-16-12-7-5-6-11(9-12)13(14)10(2)15/h5-7,9,13H,3-4,8H2,1-2H3. The lowest BCUT2D eigenvalue weighted by Crippen LogP contribution is -2.02. The Bertz CT molecular complexity index is 350. The number of halogens is 1. The SMILES string of the molecule is CCCCOc1cccc(C(Cl)C(C)=O)c1. The number of alkyl halides is 1. The van der Waals surface area contributed by atoms with Crippen LogP contribution in [0.3, 0.4) is 0 Å². The van der Waals surface area contributed by atoms with Crippen molar-refractivity contribution in [3.8, 4) is 5.75 Å². The topological polar surface area (TPSA) is 26.3 Å². The van der Waals surface area contributed by atoms with Gasteiger partial charge in [0.1, 0.15) is 11.1 Å². The molecule has 88 valence electrons. The quantitative estimate of drug-likeness (QED) is 0.559. The Labute approximate surface area is 102 Å². The second-order valence-electron chi connectivity index (χ2n) is 3.75.